The highest BCUT2D eigenvalue weighted by Gasteiger charge is 2.23. The lowest BCUT2D eigenvalue weighted by Gasteiger charge is -2.19. The summed E-state index contributed by atoms with van der Waals surface area (Å²) in [4.78, 5) is 45.7. The Labute approximate surface area is 224 Å². The van der Waals surface area contributed by atoms with Crippen LogP contribution in [0.4, 0.5) is 0 Å². The Kier molecular flexibility index (Phi) is 4.95. The molecule has 0 N–H and O–H groups in total. The van der Waals surface area contributed by atoms with E-state index in [0.29, 0.717) is 11.4 Å². The summed E-state index contributed by atoms with van der Waals surface area (Å²) in [6, 6.07) is 28.6. The van der Waals surface area contributed by atoms with Crippen LogP contribution in [0, 0.1) is 22.7 Å². The second-order valence-corrected chi connectivity index (χ2v) is 8.91. The minimum atomic E-state index is -0.422. The summed E-state index contributed by atoms with van der Waals surface area (Å²) in [5.74, 6) is 0. The highest BCUT2D eigenvalue weighted by molar-refractivity contribution is 5.98. The monoisotopic (exact) mass is 518 g/mol. The van der Waals surface area contributed by atoms with E-state index in [2.05, 4.69) is 9.97 Å². The number of para-hydroxylation sites is 2. The fraction of sp³-hybridized carbons (Fsp3) is 0. The maximum atomic E-state index is 13.6. The van der Waals surface area contributed by atoms with E-state index in [4.69, 9.17) is 9.97 Å². The summed E-state index contributed by atoms with van der Waals surface area (Å²) < 4.78 is 3.26. The lowest BCUT2D eigenvalue weighted by molar-refractivity contribution is 0.981. The third-order valence-electron chi connectivity index (χ3n) is 6.65. The Hall–Kier alpha value is -6.26. The number of aromatic nitrogens is 6. The Morgan fingerprint density at radius 1 is 0.500 bits per heavy atom. The Morgan fingerprint density at radius 3 is 1.23 bits per heavy atom. The average molecular weight is 518 g/mol. The van der Waals surface area contributed by atoms with Crippen molar-refractivity contribution in [1.82, 2.24) is 29.1 Å². The Bertz CT molecular complexity index is 2220. The number of hydrogen-bond acceptors (Lipinski definition) is 8. The Balaban J connectivity index is 1.83. The van der Waals surface area contributed by atoms with Crippen LogP contribution in [0.15, 0.2) is 94.5 Å². The first-order valence-corrected chi connectivity index (χ1v) is 12.1. The van der Waals surface area contributed by atoms with Crippen molar-refractivity contribution >= 4 is 44.4 Å². The van der Waals surface area contributed by atoms with Crippen molar-refractivity contribution in [1.29, 1.82) is 10.5 Å². The highest BCUT2D eigenvalue weighted by Crippen LogP contribution is 2.28. The molecule has 10 nitrogen and oxygen atoms in total. The molecule has 10 heteroatoms. The predicted molar refractivity (Wildman–Crippen MR) is 148 cm³/mol. The molecule has 0 spiro atoms. The van der Waals surface area contributed by atoms with Crippen molar-refractivity contribution in [2.75, 3.05) is 0 Å². The van der Waals surface area contributed by atoms with Crippen LogP contribution in [-0.4, -0.2) is 29.1 Å². The van der Waals surface area contributed by atoms with Gasteiger partial charge in [0, 0.05) is 22.1 Å². The molecule has 0 fully saturated rings. The lowest BCUT2D eigenvalue weighted by atomic mass is 10.1. The molecule has 0 atom stereocenters. The van der Waals surface area contributed by atoms with E-state index in [1.54, 1.807) is 57.7 Å². The summed E-state index contributed by atoms with van der Waals surface area (Å²) in [6.07, 6.45) is 0. The SMILES string of the molecule is N#Cc1nc2c(nc1C#N)n(-c1ccccc1)c1nc3c(=O)c4ccccc4c(=O)c3nc1n2-c1ccccc1. The van der Waals surface area contributed by atoms with Gasteiger partial charge >= 0.3 is 0 Å². The molecule has 3 heterocycles. The van der Waals surface area contributed by atoms with E-state index >= 15 is 0 Å². The van der Waals surface area contributed by atoms with Crippen LogP contribution in [0.1, 0.15) is 11.4 Å². The van der Waals surface area contributed by atoms with Gasteiger partial charge in [-0.2, -0.15) is 10.5 Å². The molecule has 0 aliphatic heterocycles. The first kappa shape index (κ1) is 22.9. The first-order chi connectivity index (χ1) is 19.6. The van der Waals surface area contributed by atoms with Gasteiger partial charge in [0.15, 0.2) is 34.0 Å². The van der Waals surface area contributed by atoms with Crippen molar-refractivity contribution in [3.8, 4) is 23.5 Å². The zero-order valence-electron chi connectivity index (χ0n) is 20.5. The molecule has 4 aromatic carbocycles. The number of hydrogen-bond donors (Lipinski definition) is 0. The second kappa shape index (κ2) is 8.65. The van der Waals surface area contributed by atoms with Crippen molar-refractivity contribution in [3.63, 3.8) is 0 Å². The summed E-state index contributed by atoms with van der Waals surface area (Å²) in [6.45, 7) is 0. The minimum Gasteiger partial charge on any atom is -0.287 e. The van der Waals surface area contributed by atoms with E-state index in [1.165, 1.54) is 0 Å². The molecular weight excluding hydrogens is 504 g/mol. The molecular formula is C30H14N8O2. The molecule has 0 aliphatic carbocycles. The molecule has 0 radical (unpaired) electrons. The van der Waals surface area contributed by atoms with Crippen molar-refractivity contribution in [2.24, 2.45) is 0 Å². The summed E-state index contributed by atoms with van der Waals surface area (Å²) >= 11 is 0. The largest absolute Gasteiger partial charge is 0.287 e. The summed E-state index contributed by atoms with van der Waals surface area (Å²) in [5.41, 5.74) is 0.718. The van der Waals surface area contributed by atoms with Gasteiger partial charge in [0.2, 0.25) is 10.9 Å². The van der Waals surface area contributed by atoms with Crippen LogP contribution in [0.25, 0.3) is 55.8 Å². The van der Waals surface area contributed by atoms with Gasteiger partial charge < -0.3 is 0 Å². The fourth-order valence-electron chi connectivity index (χ4n) is 4.89. The van der Waals surface area contributed by atoms with Gasteiger partial charge in [-0.25, -0.2) is 19.9 Å². The molecule has 0 amide bonds. The summed E-state index contributed by atoms with van der Waals surface area (Å²) in [7, 11) is 0. The maximum Gasteiger partial charge on any atom is 0.214 e. The lowest BCUT2D eigenvalue weighted by Crippen LogP contribution is -2.19. The van der Waals surface area contributed by atoms with Gasteiger partial charge in [0.1, 0.15) is 23.2 Å². The van der Waals surface area contributed by atoms with Crippen LogP contribution in [0.5, 0.6) is 0 Å². The highest BCUT2D eigenvalue weighted by atomic mass is 16.1. The number of nitrogens with zero attached hydrogens (tertiary/aromatic N) is 8. The van der Waals surface area contributed by atoms with Gasteiger partial charge in [-0.15, -0.1) is 0 Å². The average Bonchev–Trinajstić information content (AvgIpc) is 3.02. The third kappa shape index (κ3) is 3.20. The van der Waals surface area contributed by atoms with E-state index in [-0.39, 0.29) is 55.8 Å². The normalized spacial score (nSPS) is 11.2. The minimum absolute atomic E-state index is 0.0815. The van der Waals surface area contributed by atoms with Gasteiger partial charge in [-0.3, -0.25) is 18.7 Å². The van der Waals surface area contributed by atoms with E-state index in [1.807, 2.05) is 48.5 Å². The van der Waals surface area contributed by atoms with E-state index in [9.17, 15) is 20.1 Å². The van der Waals surface area contributed by atoms with E-state index < -0.39 is 10.9 Å². The summed E-state index contributed by atoms with van der Waals surface area (Å²) in [5, 5.41) is 20.0. The van der Waals surface area contributed by atoms with Gasteiger partial charge in [0.25, 0.3) is 0 Å². The standard InChI is InChI=1S/C30H14N8O2/c31-15-21-22(16-32)34-28-27(33-21)37(17-9-3-1-4-10-17)29-30(38(28)18-11-5-2-6-12-18)36-24-23(35-29)25(39)19-13-7-8-14-20(19)26(24)40/h1-14H. The van der Waals surface area contributed by atoms with Crippen LogP contribution >= 0.6 is 0 Å². The number of nitriles is 2. The number of rotatable bonds is 2. The van der Waals surface area contributed by atoms with Crippen LogP contribution in [0.2, 0.25) is 0 Å². The van der Waals surface area contributed by atoms with Crippen molar-refractivity contribution in [2.45, 2.75) is 0 Å². The molecule has 0 aliphatic rings. The zero-order valence-corrected chi connectivity index (χ0v) is 20.5. The van der Waals surface area contributed by atoms with Crippen molar-refractivity contribution < 1.29 is 0 Å². The number of fused-ring (bicyclic) bond motifs is 4. The van der Waals surface area contributed by atoms with Gasteiger partial charge in [0.05, 0.1) is 0 Å². The molecule has 40 heavy (non-hydrogen) atoms. The van der Waals surface area contributed by atoms with Crippen LogP contribution in [-0.2, 0) is 0 Å². The second-order valence-electron chi connectivity index (χ2n) is 8.91. The number of benzene rings is 4. The van der Waals surface area contributed by atoms with E-state index in [0.717, 1.165) is 0 Å². The smallest absolute Gasteiger partial charge is 0.214 e. The molecule has 7 rings (SSSR count). The first-order valence-electron chi connectivity index (χ1n) is 12.1. The molecule has 186 valence electrons. The molecule has 0 saturated heterocycles. The maximum absolute atomic E-state index is 13.6. The zero-order chi connectivity index (χ0) is 27.4. The molecule has 0 bridgehead atoms. The van der Waals surface area contributed by atoms with Crippen LogP contribution in [0.3, 0.4) is 0 Å². The topological polar surface area (TPSA) is 143 Å². The quantitative estimate of drug-likeness (QED) is 0.313. The Morgan fingerprint density at radius 2 is 0.850 bits per heavy atom. The van der Waals surface area contributed by atoms with Crippen molar-refractivity contribution in [3.05, 3.63) is 117 Å². The molecule has 0 unspecified atom stereocenters. The third-order valence-corrected chi connectivity index (χ3v) is 6.65. The predicted octanol–water partition coefficient (Wildman–Crippen LogP) is 3.92. The van der Waals surface area contributed by atoms with Gasteiger partial charge in [-0.05, 0) is 24.3 Å². The molecule has 3 aromatic heterocycles. The molecule has 7 aromatic rings. The van der Waals surface area contributed by atoms with Crippen LogP contribution < -0.4 is 10.9 Å². The molecule has 0 saturated carbocycles. The fourth-order valence-corrected chi connectivity index (χ4v) is 4.89. The van der Waals surface area contributed by atoms with Gasteiger partial charge in [-0.1, -0.05) is 60.7 Å².